The van der Waals surface area contributed by atoms with Crippen molar-refractivity contribution in [2.45, 2.75) is 45.6 Å². The molecular formula is C9H17NO. The van der Waals surface area contributed by atoms with E-state index in [1.807, 2.05) is 0 Å². The van der Waals surface area contributed by atoms with Crippen molar-refractivity contribution in [2.24, 2.45) is 5.92 Å². The van der Waals surface area contributed by atoms with Crippen molar-refractivity contribution in [1.82, 2.24) is 0 Å². The van der Waals surface area contributed by atoms with Crippen LogP contribution in [0.4, 0.5) is 0 Å². The highest BCUT2D eigenvalue weighted by Gasteiger charge is 2.06. The van der Waals surface area contributed by atoms with E-state index < -0.39 is 0 Å². The molecular weight excluding hydrogens is 138 g/mol. The molecule has 2 heteroatoms. The Balaban J connectivity index is 3.46. The van der Waals surface area contributed by atoms with Gasteiger partial charge < -0.3 is 5.11 Å². The van der Waals surface area contributed by atoms with E-state index in [4.69, 9.17) is 10.4 Å². The van der Waals surface area contributed by atoms with E-state index in [2.05, 4.69) is 13.0 Å². The number of nitriles is 1. The van der Waals surface area contributed by atoms with Crippen molar-refractivity contribution in [2.75, 3.05) is 0 Å². The quantitative estimate of drug-likeness (QED) is 0.660. The zero-order chi connectivity index (χ0) is 8.69. The first-order valence-corrected chi connectivity index (χ1v) is 4.28. The molecule has 0 spiro atoms. The van der Waals surface area contributed by atoms with Crippen molar-refractivity contribution < 1.29 is 5.11 Å². The normalized spacial score (nSPS) is 15.5. The molecule has 0 fully saturated rings. The summed E-state index contributed by atoms with van der Waals surface area (Å²) >= 11 is 0. The van der Waals surface area contributed by atoms with Gasteiger partial charge in [0.1, 0.15) is 0 Å². The lowest BCUT2D eigenvalue weighted by Gasteiger charge is -2.07. The molecule has 11 heavy (non-hydrogen) atoms. The fourth-order valence-electron chi connectivity index (χ4n) is 1.06. The molecule has 0 heterocycles. The van der Waals surface area contributed by atoms with E-state index >= 15 is 0 Å². The second kappa shape index (κ2) is 6.18. The highest BCUT2D eigenvalue weighted by molar-refractivity contribution is 4.82. The van der Waals surface area contributed by atoms with Gasteiger partial charge in [-0.2, -0.15) is 5.26 Å². The van der Waals surface area contributed by atoms with Gasteiger partial charge in [-0.1, -0.05) is 13.3 Å². The molecule has 2 unspecified atom stereocenters. The molecule has 0 aliphatic rings. The summed E-state index contributed by atoms with van der Waals surface area (Å²) in [6, 6.07) is 2.25. The lowest BCUT2D eigenvalue weighted by molar-refractivity contribution is 0.176. The second-order valence-electron chi connectivity index (χ2n) is 3.04. The summed E-state index contributed by atoms with van der Waals surface area (Å²) < 4.78 is 0. The highest BCUT2D eigenvalue weighted by atomic mass is 16.3. The number of rotatable bonds is 5. The summed E-state index contributed by atoms with van der Waals surface area (Å²) in [7, 11) is 0. The lowest BCUT2D eigenvalue weighted by atomic mass is 9.98. The Morgan fingerprint density at radius 1 is 1.36 bits per heavy atom. The Bertz CT molecular complexity index is 126. The Hall–Kier alpha value is -0.550. The van der Waals surface area contributed by atoms with Crippen molar-refractivity contribution in [3.8, 4) is 6.07 Å². The van der Waals surface area contributed by atoms with E-state index in [0.29, 0.717) is 0 Å². The first kappa shape index (κ1) is 10.4. The third kappa shape index (κ3) is 5.87. The van der Waals surface area contributed by atoms with Gasteiger partial charge in [0.25, 0.3) is 0 Å². The summed E-state index contributed by atoms with van der Waals surface area (Å²) in [5.41, 5.74) is 0. The summed E-state index contributed by atoms with van der Waals surface area (Å²) in [6.07, 6.45) is 3.34. The minimum atomic E-state index is -0.261. The van der Waals surface area contributed by atoms with Crippen LogP contribution in [0.3, 0.4) is 0 Å². The third-order valence-corrected chi connectivity index (χ3v) is 1.75. The van der Waals surface area contributed by atoms with Crippen LogP contribution in [0, 0.1) is 17.2 Å². The molecule has 0 aromatic carbocycles. The third-order valence-electron chi connectivity index (χ3n) is 1.75. The minimum Gasteiger partial charge on any atom is -0.393 e. The number of nitrogens with zero attached hydrogens (tertiary/aromatic N) is 1. The average Bonchev–Trinajstić information content (AvgIpc) is 1.97. The second-order valence-corrected chi connectivity index (χ2v) is 3.04. The van der Waals surface area contributed by atoms with E-state index in [-0.39, 0.29) is 12.0 Å². The SMILES string of the molecule is CCCC(C#N)CCC(C)O. The van der Waals surface area contributed by atoms with Crippen LogP contribution in [-0.4, -0.2) is 11.2 Å². The molecule has 0 aliphatic carbocycles. The average molecular weight is 155 g/mol. The van der Waals surface area contributed by atoms with E-state index in [1.165, 1.54) is 0 Å². The summed E-state index contributed by atoms with van der Waals surface area (Å²) in [6.45, 7) is 3.84. The van der Waals surface area contributed by atoms with Gasteiger partial charge in [0.15, 0.2) is 0 Å². The van der Waals surface area contributed by atoms with Crippen LogP contribution in [0.15, 0.2) is 0 Å². The van der Waals surface area contributed by atoms with Crippen LogP contribution in [0.5, 0.6) is 0 Å². The Morgan fingerprint density at radius 3 is 2.36 bits per heavy atom. The van der Waals surface area contributed by atoms with Crippen LogP contribution in [0.2, 0.25) is 0 Å². The lowest BCUT2D eigenvalue weighted by Crippen LogP contribution is -2.04. The predicted molar refractivity (Wildman–Crippen MR) is 44.9 cm³/mol. The molecule has 0 amide bonds. The molecule has 0 aliphatic heterocycles. The number of aliphatic hydroxyl groups is 1. The van der Waals surface area contributed by atoms with Crippen LogP contribution < -0.4 is 0 Å². The van der Waals surface area contributed by atoms with Gasteiger partial charge in [-0.3, -0.25) is 0 Å². The van der Waals surface area contributed by atoms with E-state index in [1.54, 1.807) is 6.92 Å². The summed E-state index contributed by atoms with van der Waals surface area (Å²) in [5, 5.41) is 17.6. The summed E-state index contributed by atoms with van der Waals surface area (Å²) in [4.78, 5) is 0. The molecule has 0 aromatic heterocycles. The van der Waals surface area contributed by atoms with Gasteiger partial charge >= 0.3 is 0 Å². The molecule has 0 saturated heterocycles. The maximum atomic E-state index is 8.96. The van der Waals surface area contributed by atoms with E-state index in [0.717, 1.165) is 25.7 Å². The maximum Gasteiger partial charge on any atom is 0.0655 e. The molecule has 0 bridgehead atoms. The molecule has 0 radical (unpaired) electrons. The Labute approximate surface area is 68.8 Å². The monoisotopic (exact) mass is 155 g/mol. The van der Waals surface area contributed by atoms with Gasteiger partial charge in [-0.25, -0.2) is 0 Å². The van der Waals surface area contributed by atoms with Crippen LogP contribution >= 0.6 is 0 Å². The topological polar surface area (TPSA) is 44.0 Å². The zero-order valence-corrected chi connectivity index (χ0v) is 7.38. The molecule has 2 nitrogen and oxygen atoms in total. The van der Waals surface area contributed by atoms with Crippen LogP contribution in [0.1, 0.15) is 39.5 Å². The molecule has 2 atom stereocenters. The fraction of sp³-hybridized carbons (Fsp3) is 0.889. The van der Waals surface area contributed by atoms with Crippen molar-refractivity contribution >= 4 is 0 Å². The van der Waals surface area contributed by atoms with Crippen LogP contribution in [0.25, 0.3) is 0 Å². The van der Waals surface area contributed by atoms with E-state index in [9.17, 15) is 0 Å². The summed E-state index contributed by atoms with van der Waals surface area (Å²) in [5.74, 6) is 0.148. The van der Waals surface area contributed by atoms with Crippen molar-refractivity contribution in [1.29, 1.82) is 5.26 Å². The number of hydrogen-bond acceptors (Lipinski definition) is 2. The van der Waals surface area contributed by atoms with Gasteiger partial charge in [0.2, 0.25) is 0 Å². The van der Waals surface area contributed by atoms with Crippen molar-refractivity contribution in [3.05, 3.63) is 0 Å². The highest BCUT2D eigenvalue weighted by Crippen LogP contribution is 2.13. The number of aliphatic hydroxyl groups excluding tert-OH is 1. The predicted octanol–water partition coefficient (Wildman–Crippen LogP) is 2.09. The Morgan fingerprint density at radius 2 is 2.00 bits per heavy atom. The molecule has 0 saturated carbocycles. The van der Waals surface area contributed by atoms with Crippen molar-refractivity contribution in [3.63, 3.8) is 0 Å². The van der Waals surface area contributed by atoms with Gasteiger partial charge in [-0.05, 0) is 26.2 Å². The van der Waals surface area contributed by atoms with Crippen LogP contribution in [-0.2, 0) is 0 Å². The number of hydrogen-bond donors (Lipinski definition) is 1. The van der Waals surface area contributed by atoms with Gasteiger partial charge in [0, 0.05) is 5.92 Å². The fourth-order valence-corrected chi connectivity index (χ4v) is 1.06. The first-order valence-electron chi connectivity index (χ1n) is 4.28. The minimum absolute atomic E-state index is 0.148. The largest absolute Gasteiger partial charge is 0.393 e. The van der Waals surface area contributed by atoms with Gasteiger partial charge in [0.05, 0.1) is 12.2 Å². The standard InChI is InChI=1S/C9H17NO/c1-3-4-9(7-10)6-5-8(2)11/h8-9,11H,3-6H2,1-2H3. The molecule has 0 rings (SSSR count). The smallest absolute Gasteiger partial charge is 0.0655 e. The first-order chi connectivity index (χ1) is 5.20. The van der Waals surface area contributed by atoms with Gasteiger partial charge in [-0.15, -0.1) is 0 Å². The molecule has 64 valence electrons. The zero-order valence-electron chi connectivity index (χ0n) is 7.38. The molecule has 1 N–H and O–H groups in total. The maximum absolute atomic E-state index is 8.96. The molecule has 0 aromatic rings. The Kier molecular flexibility index (Phi) is 5.87.